The maximum Gasteiger partial charge on any atom is 0.160 e. The Bertz CT molecular complexity index is 584. The van der Waals surface area contributed by atoms with E-state index >= 15 is 0 Å². The van der Waals surface area contributed by atoms with Crippen LogP contribution < -0.4 is 0 Å². The Kier molecular flexibility index (Phi) is 12.0. The highest BCUT2D eigenvalue weighted by Gasteiger charge is 1.82. The molecule has 0 aromatic rings. The highest BCUT2D eigenvalue weighted by molar-refractivity contribution is 5.86. The van der Waals surface area contributed by atoms with E-state index < -0.39 is 0 Å². The monoisotopic (exact) mass is 250 g/mol. The molecule has 0 aliphatic heterocycles. The summed E-state index contributed by atoms with van der Waals surface area (Å²) in [6, 6.07) is 0. The Balaban J connectivity index is 4.49. The van der Waals surface area contributed by atoms with Crippen molar-refractivity contribution in [1.82, 2.24) is 0 Å². The molecule has 19 heavy (non-hydrogen) atoms. The normalized spacial score (nSPS) is 7.05. The summed E-state index contributed by atoms with van der Waals surface area (Å²) >= 11 is 0. The molecule has 0 heterocycles. The summed E-state index contributed by atoms with van der Waals surface area (Å²) in [5.74, 6) is -0.0827. The highest BCUT2D eigenvalue weighted by Crippen LogP contribution is 2.01. The number of rotatable bonds is 6. The van der Waals surface area contributed by atoms with Crippen molar-refractivity contribution in [3.8, 4) is 0 Å². The molecule has 1 nitrogen and oxygen atoms in total. The lowest BCUT2D eigenvalue weighted by Gasteiger charge is -1.91. The number of unbranched alkanes of at least 4 members (excludes halogenated alkanes) is 4. The molecular formula is C18H18O. The van der Waals surface area contributed by atoms with Crippen molar-refractivity contribution in [2.75, 3.05) is 0 Å². The Labute approximate surface area is 115 Å². The van der Waals surface area contributed by atoms with Crippen molar-refractivity contribution in [2.24, 2.45) is 0 Å². The standard InChI is InChI=1S/C18H18O/c1-3-4-5-6-7-8-9-10-11-12-13-14-15-16-17-18(2)19/h8,17H,3-7H2,1-2H3. The minimum absolute atomic E-state index is 0.0827. The Morgan fingerprint density at radius 3 is 2.16 bits per heavy atom. The van der Waals surface area contributed by atoms with E-state index in [4.69, 9.17) is 0 Å². The maximum atomic E-state index is 10.5. The fourth-order valence-electron chi connectivity index (χ4n) is 1.13. The molecule has 0 saturated carbocycles. The minimum Gasteiger partial charge on any atom is -0.294 e. The zero-order valence-electron chi connectivity index (χ0n) is 11.6. The SMILES string of the molecule is CCCCCCC=C=C=C=C=C=C=C=C=CC(C)=O. The molecule has 96 valence electrons. The molecular weight excluding hydrogens is 232 g/mol. The topological polar surface area (TPSA) is 17.1 Å². The summed E-state index contributed by atoms with van der Waals surface area (Å²) in [6.07, 6.45) is 9.24. The summed E-state index contributed by atoms with van der Waals surface area (Å²) in [5.41, 5.74) is 20.9. The Hall–Kier alpha value is -2.35. The van der Waals surface area contributed by atoms with Crippen LogP contribution in [0, 0.1) is 0 Å². The van der Waals surface area contributed by atoms with E-state index in [1.54, 1.807) is 0 Å². The molecule has 0 bridgehead atoms. The second-order valence-corrected chi connectivity index (χ2v) is 3.85. The summed E-state index contributed by atoms with van der Waals surface area (Å²) in [7, 11) is 0. The molecule has 0 aliphatic carbocycles. The van der Waals surface area contributed by atoms with Gasteiger partial charge in [0.1, 0.15) is 0 Å². The third kappa shape index (κ3) is 15.6. The molecule has 0 saturated heterocycles. The average Bonchev–Trinajstić information content (AvgIpc) is 2.39. The maximum absolute atomic E-state index is 10.5. The third-order valence-electron chi connectivity index (χ3n) is 2.04. The van der Waals surface area contributed by atoms with Crippen LogP contribution >= 0.6 is 0 Å². The van der Waals surface area contributed by atoms with Gasteiger partial charge in [-0.05, 0) is 60.2 Å². The Morgan fingerprint density at radius 2 is 1.53 bits per heavy atom. The van der Waals surface area contributed by atoms with Crippen molar-refractivity contribution < 1.29 is 4.79 Å². The van der Waals surface area contributed by atoms with E-state index in [0.717, 1.165) is 6.42 Å². The first-order valence-corrected chi connectivity index (χ1v) is 6.44. The molecule has 0 fully saturated rings. The quantitative estimate of drug-likeness (QED) is 0.389. The smallest absolute Gasteiger partial charge is 0.160 e. The van der Waals surface area contributed by atoms with Crippen molar-refractivity contribution in [2.45, 2.75) is 46.0 Å². The van der Waals surface area contributed by atoms with Crippen LogP contribution in [0.1, 0.15) is 46.0 Å². The van der Waals surface area contributed by atoms with Crippen LogP contribution in [0.5, 0.6) is 0 Å². The van der Waals surface area contributed by atoms with Gasteiger partial charge in [0.2, 0.25) is 0 Å². The second kappa shape index (κ2) is 13.7. The predicted molar refractivity (Wildman–Crippen MR) is 76.7 cm³/mol. The van der Waals surface area contributed by atoms with Crippen molar-refractivity contribution >= 4 is 5.78 Å². The van der Waals surface area contributed by atoms with Gasteiger partial charge in [0.25, 0.3) is 0 Å². The van der Waals surface area contributed by atoms with E-state index in [1.165, 1.54) is 38.7 Å². The lowest BCUT2D eigenvalue weighted by molar-refractivity contribution is -0.112. The van der Waals surface area contributed by atoms with Gasteiger partial charge >= 0.3 is 0 Å². The van der Waals surface area contributed by atoms with Gasteiger partial charge < -0.3 is 0 Å². The van der Waals surface area contributed by atoms with Crippen LogP contribution in [0.3, 0.4) is 0 Å². The van der Waals surface area contributed by atoms with Crippen LogP contribution in [-0.4, -0.2) is 5.78 Å². The largest absolute Gasteiger partial charge is 0.294 e. The van der Waals surface area contributed by atoms with Gasteiger partial charge in [-0.15, -0.1) is 0 Å². The van der Waals surface area contributed by atoms with Gasteiger partial charge in [0, 0.05) is 6.08 Å². The fraction of sp³-hybridized carbons (Fsp3) is 0.389. The molecule has 0 amide bonds. The Morgan fingerprint density at radius 1 is 0.895 bits per heavy atom. The minimum atomic E-state index is -0.0827. The van der Waals surface area contributed by atoms with Crippen molar-refractivity contribution in [3.63, 3.8) is 0 Å². The lowest BCUT2D eigenvalue weighted by atomic mass is 10.1. The van der Waals surface area contributed by atoms with Gasteiger partial charge in [-0.1, -0.05) is 37.6 Å². The van der Waals surface area contributed by atoms with Crippen LogP contribution in [0.4, 0.5) is 0 Å². The number of carbonyl (C=O) groups is 1. The lowest BCUT2D eigenvalue weighted by Crippen LogP contribution is -1.75. The summed E-state index contributed by atoms with van der Waals surface area (Å²) in [4.78, 5) is 10.5. The molecule has 0 aromatic carbocycles. The molecule has 0 rings (SSSR count). The van der Waals surface area contributed by atoms with Crippen molar-refractivity contribution in [3.05, 3.63) is 58.0 Å². The molecule has 0 unspecified atom stereocenters. The first-order chi connectivity index (χ1) is 9.27. The van der Waals surface area contributed by atoms with Crippen LogP contribution in [0.15, 0.2) is 58.0 Å². The van der Waals surface area contributed by atoms with E-state index in [0.29, 0.717) is 0 Å². The van der Waals surface area contributed by atoms with Crippen LogP contribution in [0.2, 0.25) is 0 Å². The average molecular weight is 250 g/mol. The highest BCUT2D eigenvalue weighted by atomic mass is 16.1. The summed E-state index contributed by atoms with van der Waals surface area (Å²) in [6.45, 7) is 3.64. The molecule has 1 heteroatoms. The van der Waals surface area contributed by atoms with Gasteiger partial charge in [-0.25, -0.2) is 0 Å². The van der Waals surface area contributed by atoms with Gasteiger partial charge in [0.15, 0.2) is 5.78 Å². The first-order valence-electron chi connectivity index (χ1n) is 6.44. The number of hydrogen-bond acceptors (Lipinski definition) is 1. The number of allylic oxidation sites excluding steroid dienone is 2. The predicted octanol–water partition coefficient (Wildman–Crippen LogP) is 4.34. The van der Waals surface area contributed by atoms with Crippen LogP contribution in [0.25, 0.3) is 0 Å². The summed E-state index contributed by atoms with van der Waals surface area (Å²) in [5, 5.41) is 0. The molecule has 0 aliphatic rings. The number of ketones is 1. The van der Waals surface area contributed by atoms with Gasteiger partial charge in [-0.2, -0.15) is 0 Å². The molecule has 0 radical (unpaired) electrons. The fourth-order valence-corrected chi connectivity index (χ4v) is 1.13. The molecule has 0 atom stereocenters. The van der Waals surface area contributed by atoms with Crippen LogP contribution in [-0.2, 0) is 4.79 Å². The van der Waals surface area contributed by atoms with Gasteiger partial charge in [0.05, 0.1) is 0 Å². The first kappa shape index (κ1) is 16.6. The van der Waals surface area contributed by atoms with Crippen molar-refractivity contribution in [1.29, 1.82) is 0 Å². The van der Waals surface area contributed by atoms with E-state index in [9.17, 15) is 4.79 Å². The number of carbonyl (C=O) groups excluding carboxylic acids is 1. The summed E-state index contributed by atoms with van der Waals surface area (Å²) < 4.78 is 0. The molecule has 0 aromatic heterocycles. The number of hydrogen-bond donors (Lipinski definition) is 0. The van der Waals surface area contributed by atoms with E-state index in [1.807, 2.05) is 6.08 Å². The third-order valence-corrected chi connectivity index (χ3v) is 2.04. The second-order valence-electron chi connectivity index (χ2n) is 3.85. The molecule has 0 N–H and O–H groups in total. The zero-order valence-corrected chi connectivity index (χ0v) is 11.6. The zero-order chi connectivity index (χ0) is 14.2. The molecule has 0 spiro atoms. The van der Waals surface area contributed by atoms with E-state index in [2.05, 4.69) is 52.8 Å². The van der Waals surface area contributed by atoms with Gasteiger partial charge in [-0.3, -0.25) is 4.79 Å². The van der Waals surface area contributed by atoms with E-state index in [-0.39, 0.29) is 5.78 Å².